The lowest BCUT2D eigenvalue weighted by Crippen LogP contribution is -2.37. The first-order chi connectivity index (χ1) is 13.0. The van der Waals surface area contributed by atoms with Gasteiger partial charge < -0.3 is 14.5 Å². The molecule has 0 saturated heterocycles. The summed E-state index contributed by atoms with van der Waals surface area (Å²) in [5.74, 6) is -0.236. The van der Waals surface area contributed by atoms with Crippen molar-refractivity contribution in [3.63, 3.8) is 0 Å². The van der Waals surface area contributed by atoms with Gasteiger partial charge in [-0.1, -0.05) is 17.7 Å². The summed E-state index contributed by atoms with van der Waals surface area (Å²) in [5, 5.41) is 0.298. The van der Waals surface area contributed by atoms with Gasteiger partial charge in [-0.15, -0.1) is 0 Å². The van der Waals surface area contributed by atoms with Gasteiger partial charge in [0, 0.05) is 39.6 Å². The van der Waals surface area contributed by atoms with Gasteiger partial charge in [-0.3, -0.25) is 14.6 Å². The molecule has 1 aliphatic rings. The average molecular weight is 389 g/mol. The highest BCUT2D eigenvalue weighted by Gasteiger charge is 2.24. The molecule has 0 radical (unpaired) electrons. The fraction of sp³-hybridized carbons (Fsp3) is 0.368. The highest BCUT2D eigenvalue weighted by Crippen LogP contribution is 2.23. The van der Waals surface area contributed by atoms with Crippen LogP contribution in [-0.4, -0.2) is 58.8 Å². The molecule has 0 atom stereocenters. The van der Waals surface area contributed by atoms with E-state index in [0.29, 0.717) is 37.0 Å². The standard InChI is InChI=1S/C19H21ClN4O3/c1-23(2)18(25)12-27-11-14-9-21-8-13-10-24(7-6-15(13)14)19(26)16-4-3-5-17(20)22-16/h3-5,8-9H,6-7,10-12H2,1-2H3. The second-order valence-electron chi connectivity index (χ2n) is 6.54. The van der Waals surface area contributed by atoms with Gasteiger partial charge in [0.2, 0.25) is 5.91 Å². The Hall–Kier alpha value is -2.51. The van der Waals surface area contributed by atoms with Crippen molar-refractivity contribution in [1.82, 2.24) is 19.8 Å². The Morgan fingerprint density at radius 3 is 2.85 bits per heavy atom. The molecule has 0 bridgehead atoms. The number of carbonyl (C=O) groups is 2. The lowest BCUT2D eigenvalue weighted by Gasteiger charge is -2.29. The predicted octanol–water partition coefficient (Wildman–Crippen LogP) is 1.93. The van der Waals surface area contributed by atoms with Crippen LogP contribution in [0.2, 0.25) is 5.15 Å². The van der Waals surface area contributed by atoms with Crippen LogP contribution in [0, 0.1) is 0 Å². The third-order valence-electron chi connectivity index (χ3n) is 4.43. The number of hydrogen-bond acceptors (Lipinski definition) is 5. The topological polar surface area (TPSA) is 75.6 Å². The Morgan fingerprint density at radius 1 is 1.30 bits per heavy atom. The summed E-state index contributed by atoms with van der Waals surface area (Å²) in [6.45, 7) is 1.38. The zero-order valence-corrected chi connectivity index (χ0v) is 16.1. The Kier molecular flexibility index (Phi) is 6.03. The molecule has 1 aliphatic heterocycles. The Balaban J connectivity index is 1.68. The molecule has 0 N–H and O–H groups in total. The normalized spacial score (nSPS) is 13.2. The summed E-state index contributed by atoms with van der Waals surface area (Å²) in [5.41, 5.74) is 3.40. The fourth-order valence-corrected chi connectivity index (χ4v) is 3.10. The maximum atomic E-state index is 12.7. The number of carbonyl (C=O) groups excluding carboxylic acids is 2. The summed E-state index contributed by atoms with van der Waals surface area (Å²) in [7, 11) is 3.38. The Morgan fingerprint density at radius 2 is 2.11 bits per heavy atom. The van der Waals surface area contributed by atoms with Gasteiger partial charge in [0.15, 0.2) is 0 Å². The molecule has 3 rings (SSSR count). The molecule has 0 aliphatic carbocycles. The van der Waals surface area contributed by atoms with E-state index in [-0.39, 0.29) is 18.4 Å². The van der Waals surface area contributed by atoms with E-state index < -0.39 is 0 Å². The van der Waals surface area contributed by atoms with Crippen LogP contribution in [0.4, 0.5) is 0 Å². The molecular formula is C19H21ClN4O3. The first-order valence-electron chi connectivity index (χ1n) is 8.60. The number of halogens is 1. The fourth-order valence-electron chi connectivity index (χ4n) is 2.93. The number of pyridine rings is 2. The molecule has 8 heteroatoms. The largest absolute Gasteiger partial charge is 0.367 e. The summed E-state index contributed by atoms with van der Waals surface area (Å²) in [6.07, 6.45) is 4.23. The van der Waals surface area contributed by atoms with E-state index in [1.165, 1.54) is 4.90 Å². The number of rotatable bonds is 5. The molecule has 2 aromatic heterocycles. The highest BCUT2D eigenvalue weighted by atomic mass is 35.5. The van der Waals surface area contributed by atoms with Crippen molar-refractivity contribution in [3.05, 3.63) is 58.1 Å². The summed E-state index contributed by atoms with van der Waals surface area (Å²) in [4.78, 5) is 35.9. The third-order valence-corrected chi connectivity index (χ3v) is 4.64. The van der Waals surface area contributed by atoms with Gasteiger partial charge in [0.25, 0.3) is 5.91 Å². The SMILES string of the molecule is CN(C)C(=O)COCc1cncc2c1CCN(C(=O)c1cccc(Cl)n1)C2. The zero-order valence-electron chi connectivity index (χ0n) is 15.3. The monoisotopic (exact) mass is 388 g/mol. The lowest BCUT2D eigenvalue weighted by atomic mass is 9.97. The molecule has 0 saturated carbocycles. The molecule has 0 unspecified atom stereocenters. The van der Waals surface area contributed by atoms with E-state index in [9.17, 15) is 9.59 Å². The minimum Gasteiger partial charge on any atom is -0.367 e. The van der Waals surface area contributed by atoms with E-state index in [1.807, 2.05) is 0 Å². The molecule has 3 heterocycles. The number of ether oxygens (including phenoxy) is 1. The van der Waals surface area contributed by atoms with E-state index >= 15 is 0 Å². The van der Waals surface area contributed by atoms with Crippen molar-refractivity contribution in [2.45, 2.75) is 19.6 Å². The van der Waals surface area contributed by atoms with Gasteiger partial charge >= 0.3 is 0 Å². The molecule has 2 aromatic rings. The molecule has 0 aromatic carbocycles. The van der Waals surface area contributed by atoms with E-state index in [4.69, 9.17) is 16.3 Å². The van der Waals surface area contributed by atoms with Gasteiger partial charge in [0.1, 0.15) is 17.5 Å². The number of hydrogen-bond donors (Lipinski definition) is 0. The third kappa shape index (κ3) is 4.61. The van der Waals surface area contributed by atoms with Crippen molar-refractivity contribution in [2.75, 3.05) is 27.2 Å². The van der Waals surface area contributed by atoms with Gasteiger partial charge in [-0.2, -0.15) is 0 Å². The minimum absolute atomic E-state index is 0.0295. The van der Waals surface area contributed by atoms with Crippen molar-refractivity contribution < 1.29 is 14.3 Å². The van der Waals surface area contributed by atoms with Gasteiger partial charge in [0.05, 0.1) is 6.61 Å². The first-order valence-corrected chi connectivity index (χ1v) is 8.98. The number of nitrogens with zero attached hydrogens (tertiary/aromatic N) is 4. The number of likely N-dealkylation sites (N-methyl/N-ethyl adjacent to an activating group) is 1. The van der Waals surface area contributed by atoms with Gasteiger partial charge in [-0.25, -0.2) is 4.98 Å². The molecule has 142 valence electrons. The quantitative estimate of drug-likeness (QED) is 0.731. The van der Waals surface area contributed by atoms with Crippen LogP contribution >= 0.6 is 11.6 Å². The number of aromatic nitrogens is 2. The Bertz CT molecular complexity index is 857. The summed E-state index contributed by atoms with van der Waals surface area (Å²) >= 11 is 5.89. The summed E-state index contributed by atoms with van der Waals surface area (Å²) in [6, 6.07) is 5.02. The van der Waals surface area contributed by atoms with Crippen LogP contribution in [0.5, 0.6) is 0 Å². The molecule has 27 heavy (non-hydrogen) atoms. The van der Waals surface area contributed by atoms with Crippen LogP contribution < -0.4 is 0 Å². The van der Waals surface area contributed by atoms with Crippen LogP contribution in [0.3, 0.4) is 0 Å². The van der Waals surface area contributed by atoms with Crippen LogP contribution in [0.1, 0.15) is 27.2 Å². The number of fused-ring (bicyclic) bond motifs is 1. The zero-order chi connectivity index (χ0) is 19.4. The molecular weight excluding hydrogens is 368 g/mol. The lowest BCUT2D eigenvalue weighted by molar-refractivity contribution is -0.133. The second-order valence-corrected chi connectivity index (χ2v) is 6.93. The Labute approximate surface area is 162 Å². The van der Waals surface area contributed by atoms with Gasteiger partial charge in [-0.05, 0) is 35.2 Å². The van der Waals surface area contributed by atoms with Crippen LogP contribution in [-0.2, 0) is 29.1 Å². The van der Waals surface area contributed by atoms with E-state index in [2.05, 4.69) is 9.97 Å². The highest BCUT2D eigenvalue weighted by molar-refractivity contribution is 6.29. The second kappa shape index (κ2) is 8.45. The molecule has 2 amide bonds. The minimum atomic E-state index is -0.151. The predicted molar refractivity (Wildman–Crippen MR) is 100 cm³/mol. The maximum Gasteiger partial charge on any atom is 0.272 e. The van der Waals surface area contributed by atoms with Crippen molar-refractivity contribution >= 4 is 23.4 Å². The summed E-state index contributed by atoms with van der Waals surface area (Å²) < 4.78 is 5.53. The molecule has 0 fully saturated rings. The first kappa shape index (κ1) is 19.3. The molecule has 0 spiro atoms. The van der Waals surface area contributed by atoms with Crippen LogP contribution in [0.15, 0.2) is 30.6 Å². The van der Waals surface area contributed by atoms with Crippen molar-refractivity contribution in [1.29, 1.82) is 0 Å². The molecule has 7 nitrogen and oxygen atoms in total. The van der Waals surface area contributed by atoms with E-state index in [0.717, 1.165) is 16.7 Å². The maximum absolute atomic E-state index is 12.7. The van der Waals surface area contributed by atoms with E-state index in [1.54, 1.807) is 49.6 Å². The smallest absolute Gasteiger partial charge is 0.272 e. The van der Waals surface area contributed by atoms with Crippen LogP contribution in [0.25, 0.3) is 0 Å². The average Bonchev–Trinajstić information content (AvgIpc) is 2.67. The van der Waals surface area contributed by atoms with Crippen molar-refractivity contribution in [3.8, 4) is 0 Å². The van der Waals surface area contributed by atoms with Crippen molar-refractivity contribution in [2.24, 2.45) is 0 Å². The number of amides is 2.